The number of aliphatic carboxylic acids is 1. The third-order valence-corrected chi connectivity index (χ3v) is 9.08. The summed E-state index contributed by atoms with van der Waals surface area (Å²) in [6.45, 7) is 10.9. The molecule has 0 aromatic heterocycles. The van der Waals surface area contributed by atoms with E-state index in [-0.39, 0.29) is 28.1 Å². The largest absolute Gasteiger partial charge is 0.490 e. The van der Waals surface area contributed by atoms with Crippen molar-refractivity contribution < 1.29 is 29.0 Å². The Morgan fingerprint density at radius 1 is 0.930 bits per heavy atom. The molecular formula is C35H40BrNO6. The highest BCUT2D eigenvalue weighted by molar-refractivity contribution is 9.10. The summed E-state index contributed by atoms with van der Waals surface area (Å²) in [5.41, 5.74) is 4.91. The maximum absolute atomic E-state index is 14.1. The summed E-state index contributed by atoms with van der Waals surface area (Å²) in [6, 6.07) is 14.0. The molecular weight excluding hydrogens is 610 g/mol. The third kappa shape index (κ3) is 6.44. The van der Waals surface area contributed by atoms with Crippen LogP contribution < -0.4 is 9.47 Å². The van der Waals surface area contributed by atoms with Gasteiger partial charge in [-0.1, -0.05) is 58.0 Å². The maximum atomic E-state index is 14.1. The third-order valence-electron chi connectivity index (χ3n) is 8.49. The zero-order valence-corrected chi connectivity index (χ0v) is 27.2. The molecule has 8 heteroatoms. The van der Waals surface area contributed by atoms with E-state index in [2.05, 4.69) is 60.7 Å². The predicted octanol–water partition coefficient (Wildman–Crippen LogP) is 7.24. The smallest absolute Gasteiger partial charge is 0.341 e. The molecule has 0 bridgehead atoms. The second-order valence-corrected chi connectivity index (χ2v) is 14.2. The van der Waals surface area contributed by atoms with Crippen molar-refractivity contribution >= 4 is 33.5 Å². The second-order valence-electron chi connectivity index (χ2n) is 13.4. The van der Waals surface area contributed by atoms with Gasteiger partial charge in [-0.2, -0.15) is 0 Å². The number of halogens is 1. The summed E-state index contributed by atoms with van der Waals surface area (Å²) >= 11 is 3.58. The van der Waals surface area contributed by atoms with Crippen LogP contribution in [-0.4, -0.2) is 47.3 Å². The van der Waals surface area contributed by atoms with Crippen LogP contribution in [0, 0.1) is 10.8 Å². The van der Waals surface area contributed by atoms with E-state index in [1.54, 1.807) is 0 Å². The van der Waals surface area contributed by atoms with E-state index in [1.807, 2.05) is 37.3 Å². The molecule has 2 aromatic rings. The van der Waals surface area contributed by atoms with E-state index in [0.29, 0.717) is 47.4 Å². The maximum Gasteiger partial charge on any atom is 0.341 e. The topological polar surface area (TPSA) is 93.1 Å². The number of allylic oxidation sites excluding steroid dienone is 4. The van der Waals surface area contributed by atoms with Gasteiger partial charge in [0.15, 0.2) is 29.7 Å². The number of hydrogen-bond donors (Lipinski definition) is 1. The number of carbonyl (C=O) groups is 3. The fourth-order valence-corrected chi connectivity index (χ4v) is 7.40. The van der Waals surface area contributed by atoms with Crippen LogP contribution in [0.1, 0.15) is 77.3 Å². The number of hydrogen-bond acceptors (Lipinski definition) is 6. The number of Topliss-reactive ketones (excluding diaryl/α,β-unsaturated/α-hetero) is 2. The molecule has 0 unspecified atom stereocenters. The van der Waals surface area contributed by atoms with E-state index in [1.165, 1.54) is 5.56 Å². The summed E-state index contributed by atoms with van der Waals surface area (Å²) in [4.78, 5) is 41.9. The highest BCUT2D eigenvalue weighted by Crippen LogP contribution is 2.55. The fraction of sp³-hybridized carbons (Fsp3) is 0.457. The number of carboxylic acid groups (broad SMARTS) is 1. The van der Waals surface area contributed by atoms with Crippen molar-refractivity contribution in [3.63, 3.8) is 0 Å². The van der Waals surface area contributed by atoms with Gasteiger partial charge >= 0.3 is 5.97 Å². The molecule has 0 spiro atoms. The van der Waals surface area contributed by atoms with Gasteiger partial charge in [0.1, 0.15) is 0 Å². The molecule has 0 saturated carbocycles. The molecule has 3 aliphatic rings. The van der Waals surface area contributed by atoms with Gasteiger partial charge in [-0.15, -0.1) is 0 Å². The molecule has 0 amide bonds. The van der Waals surface area contributed by atoms with E-state index < -0.39 is 18.5 Å². The molecule has 7 nitrogen and oxygen atoms in total. The van der Waals surface area contributed by atoms with Crippen molar-refractivity contribution in [2.75, 3.05) is 19.8 Å². The summed E-state index contributed by atoms with van der Waals surface area (Å²) in [5.74, 6) is -0.873. The Morgan fingerprint density at radius 2 is 1.51 bits per heavy atom. The lowest BCUT2D eigenvalue weighted by atomic mass is 9.63. The average Bonchev–Trinajstić information content (AvgIpc) is 2.90. The molecule has 0 fully saturated rings. The Bertz CT molecular complexity index is 1470. The Labute approximate surface area is 262 Å². The quantitative estimate of drug-likeness (QED) is 0.306. The zero-order chi connectivity index (χ0) is 31.1. The minimum atomic E-state index is -1.10. The summed E-state index contributed by atoms with van der Waals surface area (Å²) in [5, 5.41) is 9.21. The Morgan fingerprint density at radius 3 is 2.05 bits per heavy atom. The summed E-state index contributed by atoms with van der Waals surface area (Å²) in [6.07, 6.45) is 3.04. The lowest BCUT2D eigenvalue weighted by Gasteiger charge is -2.49. The molecule has 5 rings (SSSR count). The number of benzene rings is 2. The van der Waals surface area contributed by atoms with Gasteiger partial charge in [-0.3, -0.25) is 9.59 Å². The number of ketones is 2. The average molecular weight is 651 g/mol. The van der Waals surface area contributed by atoms with Crippen molar-refractivity contribution in [1.29, 1.82) is 0 Å². The first-order valence-electron chi connectivity index (χ1n) is 14.9. The number of rotatable bonds is 9. The molecule has 1 heterocycles. The first-order chi connectivity index (χ1) is 20.3. The molecule has 0 radical (unpaired) electrons. The van der Waals surface area contributed by atoms with E-state index in [9.17, 15) is 19.5 Å². The van der Waals surface area contributed by atoms with Crippen molar-refractivity contribution in [1.82, 2.24) is 4.90 Å². The van der Waals surface area contributed by atoms with Gasteiger partial charge in [0.2, 0.25) is 0 Å². The standard InChI is InChI=1S/C35H40BrNO6/c1-6-42-28-15-22(14-23(36)33(28)43-20-29(40)41)30-31-24(16-34(2,3)18-26(31)38)37(13-12-21-10-8-7-9-11-21)25-17-35(4,5)19-27(39)32(25)30/h7-11,14-15,30H,6,12-13,16-20H2,1-5H3,(H,40,41). The van der Waals surface area contributed by atoms with E-state index in [4.69, 9.17) is 9.47 Å². The molecule has 1 N–H and O–H groups in total. The van der Waals surface area contributed by atoms with Gasteiger partial charge in [0.05, 0.1) is 11.1 Å². The number of ether oxygens (including phenoxy) is 2. The lowest BCUT2D eigenvalue weighted by Crippen LogP contribution is -2.45. The molecule has 2 aliphatic carbocycles. The van der Waals surface area contributed by atoms with Gasteiger partial charge in [-0.25, -0.2) is 4.79 Å². The zero-order valence-electron chi connectivity index (χ0n) is 25.6. The SMILES string of the molecule is CCOc1cc(C2C3=C(CC(C)(C)CC3=O)N(CCc3ccccc3)C3=C2C(=O)CC(C)(C)C3)cc(Br)c1OCC(=O)O. The van der Waals surface area contributed by atoms with Crippen LogP contribution >= 0.6 is 15.9 Å². The molecule has 0 atom stereocenters. The van der Waals surface area contributed by atoms with Crippen molar-refractivity contribution in [2.45, 2.75) is 72.6 Å². The minimum Gasteiger partial charge on any atom is -0.490 e. The number of carbonyl (C=O) groups excluding carboxylic acids is 2. The van der Waals surface area contributed by atoms with Crippen LogP contribution in [0.2, 0.25) is 0 Å². The highest BCUT2D eigenvalue weighted by Gasteiger charge is 2.49. The Hall–Kier alpha value is -3.39. The van der Waals surface area contributed by atoms with Gasteiger partial charge in [-0.05, 0) is 76.2 Å². The van der Waals surface area contributed by atoms with Crippen molar-refractivity contribution in [3.8, 4) is 11.5 Å². The highest BCUT2D eigenvalue weighted by atomic mass is 79.9. The number of carboxylic acids is 1. The van der Waals surface area contributed by atoms with Crippen molar-refractivity contribution in [2.24, 2.45) is 10.8 Å². The van der Waals surface area contributed by atoms with E-state index in [0.717, 1.165) is 36.2 Å². The van der Waals surface area contributed by atoms with Crippen LogP contribution in [-0.2, 0) is 20.8 Å². The summed E-state index contributed by atoms with van der Waals surface area (Å²) in [7, 11) is 0. The van der Waals surface area contributed by atoms with Crippen LogP contribution in [0.3, 0.4) is 0 Å². The monoisotopic (exact) mass is 649 g/mol. The van der Waals surface area contributed by atoms with Crippen molar-refractivity contribution in [3.05, 3.63) is 80.6 Å². The van der Waals surface area contributed by atoms with Gasteiger partial charge < -0.3 is 19.5 Å². The van der Waals surface area contributed by atoms with Crippen LogP contribution in [0.5, 0.6) is 11.5 Å². The van der Waals surface area contributed by atoms with Crippen LogP contribution in [0.25, 0.3) is 0 Å². The van der Waals surface area contributed by atoms with E-state index >= 15 is 0 Å². The minimum absolute atomic E-state index is 0.0606. The first-order valence-corrected chi connectivity index (χ1v) is 15.7. The number of nitrogens with zero attached hydrogens (tertiary/aromatic N) is 1. The van der Waals surface area contributed by atoms with Crippen LogP contribution in [0.15, 0.2) is 69.5 Å². The predicted molar refractivity (Wildman–Crippen MR) is 168 cm³/mol. The molecule has 0 saturated heterocycles. The molecule has 228 valence electrons. The molecule has 43 heavy (non-hydrogen) atoms. The lowest BCUT2D eigenvalue weighted by molar-refractivity contribution is -0.139. The first kappa shape index (κ1) is 31.0. The second kappa shape index (κ2) is 11.9. The van der Waals surface area contributed by atoms with Gasteiger partial charge in [0, 0.05) is 47.8 Å². The van der Waals surface area contributed by atoms with Gasteiger partial charge in [0.25, 0.3) is 0 Å². The molecule has 1 aliphatic heterocycles. The molecule has 2 aromatic carbocycles. The Kier molecular flexibility index (Phi) is 8.63. The fourth-order valence-electron chi connectivity index (χ4n) is 6.83. The van der Waals surface area contributed by atoms with Crippen LogP contribution in [0.4, 0.5) is 0 Å². The normalized spacial score (nSPS) is 19.7. The Balaban J connectivity index is 1.71. The summed E-state index contributed by atoms with van der Waals surface area (Å²) < 4.78 is 12.0.